The Hall–Kier alpha value is -2.64. The molecule has 0 heterocycles. The van der Waals surface area contributed by atoms with Gasteiger partial charge in [0.2, 0.25) is 0 Å². The molecule has 122 valence electrons. The lowest BCUT2D eigenvalue weighted by Crippen LogP contribution is -1.99. The average molecular weight is 345 g/mol. The Kier molecular flexibility index (Phi) is 4.25. The minimum atomic E-state index is 0.0578. The number of halogens is 1. The Bertz CT molecular complexity index is 942. The molecular weight excluding hydrogens is 328 g/mol. The molecule has 25 heavy (non-hydrogen) atoms. The summed E-state index contributed by atoms with van der Waals surface area (Å²) >= 11 is 6.43. The van der Waals surface area contributed by atoms with Gasteiger partial charge in [-0.2, -0.15) is 0 Å². The third-order valence-electron chi connectivity index (χ3n) is 4.72. The first-order chi connectivity index (χ1) is 12.3. The average Bonchev–Trinajstić information content (AvgIpc) is 3.01. The zero-order valence-electron chi connectivity index (χ0n) is 13.7. The number of Topliss-reactive ketones (excluding diaryl/α,β-unsaturated/α-hetero) is 1. The second-order valence-electron chi connectivity index (χ2n) is 6.23. The zero-order chi connectivity index (χ0) is 17.2. The van der Waals surface area contributed by atoms with Crippen LogP contribution in [0.4, 0.5) is 0 Å². The summed E-state index contributed by atoms with van der Waals surface area (Å²) in [6.07, 6.45) is 0.481. The van der Waals surface area contributed by atoms with E-state index in [9.17, 15) is 4.79 Å². The van der Waals surface area contributed by atoms with Crippen molar-refractivity contribution in [2.75, 3.05) is 0 Å². The number of carbonyl (C=O) groups is 1. The molecule has 0 aromatic heterocycles. The molecule has 0 fully saturated rings. The molecule has 0 amide bonds. The number of rotatable bonds is 3. The Labute approximate surface area is 152 Å². The summed E-state index contributed by atoms with van der Waals surface area (Å²) in [6.45, 7) is 0. The van der Waals surface area contributed by atoms with Crippen LogP contribution in [0.2, 0.25) is 5.02 Å². The van der Waals surface area contributed by atoms with Crippen LogP contribution >= 0.6 is 11.6 Å². The van der Waals surface area contributed by atoms with Crippen molar-refractivity contribution in [1.29, 1.82) is 0 Å². The van der Waals surface area contributed by atoms with E-state index in [0.29, 0.717) is 11.4 Å². The smallest absolute Gasteiger partial charge is 0.164 e. The SMILES string of the molecule is O=C1CC(c2ccccc2)C(c2ccccc2)=C1c1ccccc1Cl. The maximum absolute atomic E-state index is 13.0. The molecule has 1 unspecified atom stereocenters. The van der Waals surface area contributed by atoms with Crippen LogP contribution in [0.5, 0.6) is 0 Å². The second kappa shape index (κ2) is 6.70. The van der Waals surface area contributed by atoms with Crippen LogP contribution in [-0.4, -0.2) is 5.78 Å². The predicted molar refractivity (Wildman–Crippen MR) is 104 cm³/mol. The quantitative estimate of drug-likeness (QED) is 0.568. The lowest BCUT2D eigenvalue weighted by Gasteiger charge is -2.16. The van der Waals surface area contributed by atoms with Crippen molar-refractivity contribution in [2.45, 2.75) is 12.3 Å². The van der Waals surface area contributed by atoms with Gasteiger partial charge in [0, 0.05) is 28.5 Å². The highest BCUT2D eigenvalue weighted by molar-refractivity contribution is 6.38. The number of hydrogen-bond donors (Lipinski definition) is 0. The highest BCUT2D eigenvalue weighted by atomic mass is 35.5. The summed E-state index contributed by atoms with van der Waals surface area (Å²) in [7, 11) is 0. The van der Waals surface area contributed by atoms with Gasteiger partial charge in [-0.25, -0.2) is 0 Å². The Morgan fingerprint density at radius 1 is 0.760 bits per heavy atom. The molecule has 0 saturated carbocycles. The largest absolute Gasteiger partial charge is 0.294 e. The van der Waals surface area contributed by atoms with Gasteiger partial charge in [0.1, 0.15) is 0 Å². The lowest BCUT2D eigenvalue weighted by atomic mass is 9.87. The fraction of sp³-hybridized carbons (Fsp3) is 0.0870. The van der Waals surface area contributed by atoms with Crippen molar-refractivity contribution in [3.8, 4) is 0 Å². The van der Waals surface area contributed by atoms with Gasteiger partial charge >= 0.3 is 0 Å². The summed E-state index contributed by atoms with van der Waals surface area (Å²) in [4.78, 5) is 13.0. The number of hydrogen-bond acceptors (Lipinski definition) is 1. The molecule has 0 spiro atoms. The molecule has 0 bridgehead atoms. The fourth-order valence-electron chi connectivity index (χ4n) is 3.61. The fourth-order valence-corrected chi connectivity index (χ4v) is 3.84. The van der Waals surface area contributed by atoms with E-state index >= 15 is 0 Å². The van der Waals surface area contributed by atoms with Gasteiger partial charge in [-0.1, -0.05) is 90.5 Å². The molecule has 1 atom stereocenters. The predicted octanol–water partition coefficient (Wildman–Crippen LogP) is 6.01. The van der Waals surface area contributed by atoms with E-state index in [-0.39, 0.29) is 11.7 Å². The second-order valence-corrected chi connectivity index (χ2v) is 6.63. The first-order valence-corrected chi connectivity index (χ1v) is 8.76. The Morgan fingerprint density at radius 3 is 2.04 bits per heavy atom. The molecule has 4 rings (SSSR count). The lowest BCUT2D eigenvalue weighted by molar-refractivity contribution is -0.113. The zero-order valence-corrected chi connectivity index (χ0v) is 14.4. The molecule has 3 aromatic rings. The van der Waals surface area contributed by atoms with Gasteiger partial charge in [-0.15, -0.1) is 0 Å². The van der Waals surface area contributed by atoms with Crippen molar-refractivity contribution in [2.24, 2.45) is 0 Å². The van der Waals surface area contributed by atoms with E-state index in [2.05, 4.69) is 24.3 Å². The van der Waals surface area contributed by atoms with Crippen LogP contribution in [0.1, 0.15) is 29.0 Å². The standard InChI is InChI=1S/C23H17ClO/c24-20-14-8-7-13-18(20)23-21(25)15-19(16-9-3-1-4-10-16)22(23)17-11-5-2-6-12-17/h1-14,19H,15H2. The summed E-state index contributed by atoms with van der Waals surface area (Å²) in [5, 5.41) is 0.619. The van der Waals surface area contributed by atoms with E-state index in [1.54, 1.807) is 0 Å². The van der Waals surface area contributed by atoms with E-state index in [1.165, 1.54) is 0 Å². The summed E-state index contributed by atoms with van der Waals surface area (Å²) < 4.78 is 0. The van der Waals surface area contributed by atoms with E-state index in [0.717, 1.165) is 27.8 Å². The van der Waals surface area contributed by atoms with Crippen molar-refractivity contribution < 1.29 is 4.79 Å². The monoisotopic (exact) mass is 344 g/mol. The molecule has 0 N–H and O–H groups in total. The highest BCUT2D eigenvalue weighted by Crippen LogP contribution is 2.48. The first kappa shape index (κ1) is 15.9. The molecule has 0 saturated heterocycles. The third-order valence-corrected chi connectivity index (χ3v) is 5.05. The summed E-state index contributed by atoms with van der Waals surface area (Å²) in [5.74, 6) is 0.211. The minimum Gasteiger partial charge on any atom is -0.294 e. The number of allylic oxidation sites excluding steroid dienone is 2. The number of carbonyl (C=O) groups excluding carboxylic acids is 1. The number of ketones is 1. The van der Waals surface area contributed by atoms with Gasteiger partial charge < -0.3 is 0 Å². The highest BCUT2D eigenvalue weighted by Gasteiger charge is 2.35. The van der Waals surface area contributed by atoms with E-state index in [1.807, 2.05) is 60.7 Å². The molecule has 1 aliphatic carbocycles. The molecular formula is C23H17ClO. The molecule has 0 radical (unpaired) electrons. The van der Waals surface area contributed by atoms with Gasteiger partial charge in [0.25, 0.3) is 0 Å². The van der Waals surface area contributed by atoms with Crippen LogP contribution in [0, 0.1) is 0 Å². The van der Waals surface area contributed by atoms with E-state index < -0.39 is 0 Å². The third kappa shape index (κ3) is 2.92. The topological polar surface area (TPSA) is 17.1 Å². The van der Waals surface area contributed by atoms with Gasteiger partial charge in [0.05, 0.1) is 0 Å². The first-order valence-electron chi connectivity index (χ1n) is 8.38. The van der Waals surface area contributed by atoms with Crippen molar-refractivity contribution >= 4 is 28.5 Å². The van der Waals surface area contributed by atoms with Crippen molar-refractivity contribution in [3.05, 3.63) is 107 Å². The molecule has 3 aromatic carbocycles. The van der Waals surface area contributed by atoms with Crippen LogP contribution in [0.3, 0.4) is 0 Å². The van der Waals surface area contributed by atoms with Crippen molar-refractivity contribution in [1.82, 2.24) is 0 Å². The van der Waals surface area contributed by atoms with Gasteiger partial charge in [-0.05, 0) is 22.8 Å². The van der Waals surface area contributed by atoms with Gasteiger partial charge in [0.15, 0.2) is 5.78 Å². The molecule has 0 aliphatic heterocycles. The maximum atomic E-state index is 13.0. The summed E-state index contributed by atoms with van der Waals surface area (Å²) in [6, 6.07) is 28.0. The minimum absolute atomic E-state index is 0.0578. The van der Waals surface area contributed by atoms with Gasteiger partial charge in [-0.3, -0.25) is 4.79 Å². The maximum Gasteiger partial charge on any atom is 0.164 e. The molecule has 1 nitrogen and oxygen atoms in total. The Morgan fingerprint density at radius 2 is 1.36 bits per heavy atom. The van der Waals surface area contributed by atoms with Crippen LogP contribution in [0.25, 0.3) is 11.1 Å². The molecule has 1 aliphatic rings. The summed E-state index contributed by atoms with van der Waals surface area (Å²) in [5.41, 5.74) is 4.90. The number of benzene rings is 3. The van der Waals surface area contributed by atoms with Crippen LogP contribution in [-0.2, 0) is 4.79 Å². The van der Waals surface area contributed by atoms with Crippen LogP contribution < -0.4 is 0 Å². The Balaban J connectivity index is 1.98. The van der Waals surface area contributed by atoms with Crippen LogP contribution in [0.15, 0.2) is 84.9 Å². The normalized spacial score (nSPS) is 17.2. The van der Waals surface area contributed by atoms with Crippen molar-refractivity contribution in [3.63, 3.8) is 0 Å². The van der Waals surface area contributed by atoms with E-state index in [4.69, 9.17) is 11.6 Å². The molecule has 2 heteroatoms.